The fourth-order valence-electron chi connectivity index (χ4n) is 2.35. The van der Waals surface area contributed by atoms with Gasteiger partial charge in [-0.15, -0.1) is 10.2 Å². The molecule has 1 aliphatic heterocycles. The van der Waals surface area contributed by atoms with Gasteiger partial charge in [0.2, 0.25) is 0 Å². The molecule has 0 aromatic carbocycles. The molecule has 2 N–H and O–H groups in total. The van der Waals surface area contributed by atoms with Gasteiger partial charge in [-0.2, -0.15) is 0 Å². The van der Waals surface area contributed by atoms with Crippen molar-refractivity contribution in [3.05, 3.63) is 5.82 Å². The molecule has 0 saturated carbocycles. The van der Waals surface area contributed by atoms with Gasteiger partial charge in [0.1, 0.15) is 5.82 Å². The second-order valence-corrected chi connectivity index (χ2v) is 5.87. The first-order valence-electron chi connectivity index (χ1n) is 7.21. The van der Waals surface area contributed by atoms with E-state index < -0.39 is 0 Å². The van der Waals surface area contributed by atoms with Crippen LogP contribution in [-0.4, -0.2) is 39.8 Å². The molecule has 6 heteroatoms. The smallest absolute Gasteiger partial charge is 0.191 e. The van der Waals surface area contributed by atoms with Crippen molar-refractivity contribution in [2.75, 3.05) is 18.9 Å². The van der Waals surface area contributed by atoms with Crippen molar-refractivity contribution in [2.24, 2.45) is 5.73 Å². The monoisotopic (exact) mass is 284 g/mol. The van der Waals surface area contributed by atoms with Crippen molar-refractivity contribution in [1.29, 1.82) is 0 Å². The van der Waals surface area contributed by atoms with Gasteiger partial charge in [0, 0.05) is 31.9 Å². The summed E-state index contributed by atoms with van der Waals surface area (Å²) in [5, 5.41) is 9.68. The molecular weight excluding hydrogens is 260 g/mol. The Morgan fingerprint density at radius 2 is 2.26 bits per heavy atom. The van der Waals surface area contributed by atoms with Crippen LogP contribution < -0.4 is 5.73 Å². The average Bonchev–Trinajstić information content (AvgIpc) is 2.66. The van der Waals surface area contributed by atoms with Crippen molar-refractivity contribution in [2.45, 2.75) is 56.8 Å². The highest BCUT2D eigenvalue weighted by atomic mass is 32.2. The number of rotatable bonds is 7. The first-order chi connectivity index (χ1) is 9.35. The average molecular weight is 284 g/mol. The third-order valence-corrected chi connectivity index (χ3v) is 4.41. The third kappa shape index (κ3) is 4.19. The fraction of sp³-hybridized carbons (Fsp3) is 0.846. The molecule has 0 aliphatic carbocycles. The topological polar surface area (TPSA) is 66.0 Å². The summed E-state index contributed by atoms with van der Waals surface area (Å²) in [4.78, 5) is 0. The van der Waals surface area contributed by atoms with Gasteiger partial charge < -0.3 is 15.0 Å². The van der Waals surface area contributed by atoms with E-state index in [0.717, 1.165) is 42.7 Å². The second-order valence-electron chi connectivity index (χ2n) is 4.81. The summed E-state index contributed by atoms with van der Waals surface area (Å²) >= 11 is 1.77. The zero-order valence-corrected chi connectivity index (χ0v) is 12.5. The molecule has 108 valence electrons. The molecule has 0 radical (unpaired) electrons. The molecule has 0 spiro atoms. The van der Waals surface area contributed by atoms with E-state index in [1.807, 2.05) is 6.92 Å². The van der Waals surface area contributed by atoms with E-state index in [1.165, 1.54) is 19.3 Å². The van der Waals surface area contributed by atoms with E-state index in [2.05, 4.69) is 14.8 Å². The van der Waals surface area contributed by atoms with Crippen molar-refractivity contribution >= 4 is 11.8 Å². The molecule has 0 fully saturated rings. The van der Waals surface area contributed by atoms with Crippen molar-refractivity contribution in [3.8, 4) is 0 Å². The molecule has 2 rings (SSSR count). The quantitative estimate of drug-likeness (QED) is 0.774. The van der Waals surface area contributed by atoms with E-state index >= 15 is 0 Å². The predicted molar refractivity (Wildman–Crippen MR) is 77.4 cm³/mol. The number of thioether (sulfide) groups is 1. The van der Waals surface area contributed by atoms with Gasteiger partial charge in [-0.3, -0.25) is 0 Å². The molecule has 1 aromatic heterocycles. The van der Waals surface area contributed by atoms with Crippen LogP contribution in [-0.2, 0) is 17.7 Å². The van der Waals surface area contributed by atoms with E-state index in [-0.39, 0.29) is 6.10 Å². The normalized spacial score (nSPS) is 16.9. The van der Waals surface area contributed by atoms with Crippen LogP contribution >= 0.6 is 11.8 Å². The summed E-state index contributed by atoms with van der Waals surface area (Å²) in [6.45, 7) is 4.39. The molecule has 2 heterocycles. The minimum atomic E-state index is 0.170. The van der Waals surface area contributed by atoms with E-state index in [1.54, 1.807) is 11.8 Å². The van der Waals surface area contributed by atoms with Gasteiger partial charge in [0.25, 0.3) is 0 Å². The number of hydrogen-bond acceptors (Lipinski definition) is 5. The molecule has 0 amide bonds. The van der Waals surface area contributed by atoms with Crippen molar-refractivity contribution < 1.29 is 4.74 Å². The largest absolute Gasteiger partial charge is 0.377 e. The number of nitrogens with two attached hydrogens (primary N) is 1. The zero-order chi connectivity index (χ0) is 13.5. The fourth-order valence-corrected chi connectivity index (χ4v) is 3.37. The van der Waals surface area contributed by atoms with E-state index in [4.69, 9.17) is 10.5 Å². The van der Waals surface area contributed by atoms with Crippen LogP contribution in [0.5, 0.6) is 0 Å². The van der Waals surface area contributed by atoms with Crippen LogP contribution in [0.2, 0.25) is 0 Å². The summed E-state index contributed by atoms with van der Waals surface area (Å²) in [6, 6.07) is 0. The lowest BCUT2D eigenvalue weighted by Gasteiger charge is -2.14. The molecule has 1 aromatic rings. The lowest BCUT2D eigenvalue weighted by molar-refractivity contribution is 0.0674. The molecule has 1 unspecified atom stereocenters. The van der Waals surface area contributed by atoms with Gasteiger partial charge in [-0.25, -0.2) is 0 Å². The molecule has 0 saturated heterocycles. The van der Waals surface area contributed by atoms with Gasteiger partial charge in [-0.1, -0.05) is 18.2 Å². The highest BCUT2D eigenvalue weighted by molar-refractivity contribution is 7.99. The maximum Gasteiger partial charge on any atom is 0.191 e. The highest BCUT2D eigenvalue weighted by Crippen LogP contribution is 2.22. The maximum absolute atomic E-state index is 5.68. The summed E-state index contributed by atoms with van der Waals surface area (Å²) in [7, 11) is 0. The van der Waals surface area contributed by atoms with Gasteiger partial charge in [0.05, 0.1) is 6.10 Å². The first kappa shape index (κ1) is 14.8. The third-order valence-electron chi connectivity index (χ3n) is 3.41. The minimum Gasteiger partial charge on any atom is -0.377 e. The first-order valence-corrected chi connectivity index (χ1v) is 8.20. The van der Waals surface area contributed by atoms with Gasteiger partial charge in [-0.05, 0) is 26.2 Å². The highest BCUT2D eigenvalue weighted by Gasteiger charge is 2.15. The number of ether oxygens (including phenoxy) is 1. The molecule has 19 heavy (non-hydrogen) atoms. The Morgan fingerprint density at radius 3 is 3.05 bits per heavy atom. The molecule has 1 aliphatic rings. The van der Waals surface area contributed by atoms with Gasteiger partial charge in [0.15, 0.2) is 5.16 Å². The molecular formula is C13H24N4OS. The molecule has 1 atom stereocenters. The van der Waals surface area contributed by atoms with Crippen LogP contribution in [0.1, 0.15) is 38.4 Å². The van der Waals surface area contributed by atoms with Gasteiger partial charge >= 0.3 is 0 Å². The second kappa shape index (κ2) is 7.87. The Balaban J connectivity index is 1.84. The summed E-state index contributed by atoms with van der Waals surface area (Å²) in [6.07, 6.45) is 5.98. The maximum atomic E-state index is 5.68. The number of aryl methyl sites for hydroxylation is 1. The van der Waals surface area contributed by atoms with E-state index in [0.29, 0.717) is 6.54 Å². The van der Waals surface area contributed by atoms with Crippen LogP contribution in [0.4, 0.5) is 0 Å². The molecule has 0 bridgehead atoms. The number of hydrogen-bond donors (Lipinski definition) is 1. The van der Waals surface area contributed by atoms with Crippen molar-refractivity contribution in [1.82, 2.24) is 14.8 Å². The van der Waals surface area contributed by atoms with Crippen LogP contribution in [0.15, 0.2) is 5.16 Å². The predicted octanol–water partition coefficient (Wildman–Crippen LogP) is 1.85. The van der Waals surface area contributed by atoms with Crippen LogP contribution in [0.25, 0.3) is 0 Å². The zero-order valence-electron chi connectivity index (χ0n) is 11.7. The number of aromatic nitrogens is 3. The van der Waals surface area contributed by atoms with Crippen LogP contribution in [0, 0.1) is 0 Å². The number of fused-ring (bicyclic) bond motifs is 1. The minimum absolute atomic E-state index is 0.170. The number of nitrogens with zero attached hydrogens (tertiary/aromatic N) is 3. The lowest BCUT2D eigenvalue weighted by atomic mass is 10.2. The Kier molecular flexibility index (Phi) is 6.13. The SMILES string of the molecule is CCOC(CN)CCSc1nnc2n1CCCCC2. The van der Waals surface area contributed by atoms with E-state index in [9.17, 15) is 0 Å². The Hall–Kier alpha value is -0.590. The standard InChI is InChI=1S/C13H24N4OS/c1-2-18-11(10-14)7-9-19-13-16-15-12-6-4-3-5-8-17(12)13/h11H,2-10,14H2,1H3. The molecule has 5 nitrogen and oxygen atoms in total. The Bertz CT molecular complexity index is 383. The Labute approximate surface area is 119 Å². The summed E-state index contributed by atoms with van der Waals surface area (Å²) < 4.78 is 7.85. The lowest BCUT2D eigenvalue weighted by Crippen LogP contribution is -2.24. The summed E-state index contributed by atoms with van der Waals surface area (Å²) in [5.74, 6) is 2.14. The summed E-state index contributed by atoms with van der Waals surface area (Å²) in [5.41, 5.74) is 5.68. The Morgan fingerprint density at radius 1 is 1.37 bits per heavy atom. The van der Waals surface area contributed by atoms with Crippen molar-refractivity contribution in [3.63, 3.8) is 0 Å². The van der Waals surface area contributed by atoms with Crippen LogP contribution in [0.3, 0.4) is 0 Å².